The summed E-state index contributed by atoms with van der Waals surface area (Å²) in [6.45, 7) is 8.34. The van der Waals surface area contributed by atoms with Gasteiger partial charge in [-0.15, -0.1) is 6.58 Å². The lowest BCUT2D eigenvalue weighted by Crippen LogP contribution is -2.32. The lowest BCUT2D eigenvalue weighted by molar-refractivity contribution is 0.107. The van der Waals surface area contributed by atoms with Crippen molar-refractivity contribution in [3.63, 3.8) is 0 Å². The van der Waals surface area contributed by atoms with Crippen LogP contribution in [0.2, 0.25) is 0 Å². The molecule has 0 aliphatic carbocycles. The molecule has 0 bridgehead atoms. The van der Waals surface area contributed by atoms with E-state index in [-0.39, 0.29) is 5.92 Å². The molecule has 0 amide bonds. The van der Waals surface area contributed by atoms with Crippen molar-refractivity contribution in [1.29, 1.82) is 0 Å². The van der Waals surface area contributed by atoms with E-state index in [9.17, 15) is 5.11 Å². The maximum Gasteiger partial charge on any atom is 0.161 e. The number of hydrogen-bond acceptors (Lipinski definition) is 7. The number of benzene rings is 5. The molecule has 0 aromatic heterocycles. The molecule has 7 heteroatoms. The van der Waals surface area contributed by atoms with Gasteiger partial charge in [0.1, 0.15) is 24.0 Å². The van der Waals surface area contributed by atoms with Gasteiger partial charge in [-0.2, -0.15) is 0 Å². The van der Waals surface area contributed by atoms with Crippen molar-refractivity contribution in [1.82, 2.24) is 4.90 Å². The van der Waals surface area contributed by atoms with Crippen LogP contribution in [0, 0.1) is 0 Å². The fourth-order valence-electron chi connectivity index (χ4n) is 7.07. The van der Waals surface area contributed by atoms with Crippen molar-refractivity contribution < 1.29 is 19.3 Å². The molecule has 48 heavy (non-hydrogen) atoms. The molecule has 3 heterocycles. The molecule has 5 aromatic carbocycles. The summed E-state index contributed by atoms with van der Waals surface area (Å²) in [7, 11) is 0. The number of para-hydroxylation sites is 2. The van der Waals surface area contributed by atoms with Gasteiger partial charge in [0.2, 0.25) is 0 Å². The highest BCUT2D eigenvalue weighted by molar-refractivity contribution is 5.54. The molecule has 5 aromatic rings. The van der Waals surface area contributed by atoms with Crippen LogP contribution in [0.25, 0.3) is 0 Å². The smallest absolute Gasteiger partial charge is 0.161 e. The minimum Gasteiger partial charge on any atom is -0.478 e. The maximum atomic E-state index is 12.4. The molecule has 7 nitrogen and oxygen atoms in total. The van der Waals surface area contributed by atoms with Gasteiger partial charge >= 0.3 is 0 Å². The van der Waals surface area contributed by atoms with Crippen molar-refractivity contribution in [2.24, 2.45) is 0 Å². The van der Waals surface area contributed by atoms with Gasteiger partial charge in [-0.25, -0.2) is 0 Å². The highest BCUT2D eigenvalue weighted by Crippen LogP contribution is 2.43. The Labute approximate surface area is 281 Å². The van der Waals surface area contributed by atoms with Gasteiger partial charge in [0.25, 0.3) is 0 Å². The molecule has 242 valence electrons. The van der Waals surface area contributed by atoms with Crippen LogP contribution in [0.3, 0.4) is 0 Å². The largest absolute Gasteiger partial charge is 0.478 e. The van der Waals surface area contributed by atoms with E-state index in [4.69, 9.17) is 14.2 Å². The van der Waals surface area contributed by atoms with Gasteiger partial charge in [0.05, 0.1) is 6.10 Å². The van der Waals surface area contributed by atoms with Gasteiger partial charge in [-0.3, -0.25) is 4.90 Å². The topological polar surface area (TPSA) is 57.6 Å². The van der Waals surface area contributed by atoms with Crippen molar-refractivity contribution in [3.05, 3.63) is 161 Å². The second-order valence-corrected chi connectivity index (χ2v) is 12.7. The number of aliphatic hydroxyl groups excluding tert-OH is 1. The van der Waals surface area contributed by atoms with Crippen LogP contribution in [0.4, 0.5) is 11.4 Å². The molecular weight excluding hydrogens is 598 g/mol. The summed E-state index contributed by atoms with van der Waals surface area (Å²) < 4.78 is 18.5. The predicted octanol–water partition coefficient (Wildman–Crippen LogP) is 7.60. The summed E-state index contributed by atoms with van der Waals surface area (Å²) in [5, 5.41) is 12.4. The molecule has 0 fully saturated rings. The number of ether oxygens (including phenoxy) is 3. The Balaban J connectivity index is 1.16. The standard InChI is InChI=1S/C41H39N3O4/c1-2-19-42-23-32-20-29(13-16-37(32)46-26-42)40(30-14-17-38-33(21-30)24-43(27-47-38)35-9-5-3-6-10-35)41(45)31-15-18-39-34(22-31)25-44(28-48-39)36-11-7-4-8-12-36/h2-18,20-22,40-41,45H,1,19,23-28H2. The average molecular weight is 638 g/mol. The SMILES string of the molecule is C=CCN1COc2ccc(C(c3ccc4c(c3)CN(c3ccccc3)CO4)C(O)c3ccc4c(c3)CN(c3ccccc3)CO4)cc2C1. The Morgan fingerprint density at radius 3 is 1.56 bits per heavy atom. The van der Waals surface area contributed by atoms with Crippen LogP contribution in [0.5, 0.6) is 17.2 Å². The maximum absolute atomic E-state index is 12.4. The molecule has 0 saturated heterocycles. The fraction of sp³-hybridized carbons (Fsp3) is 0.220. The Hall–Kier alpha value is -5.24. The van der Waals surface area contributed by atoms with Crippen LogP contribution in [0.15, 0.2) is 128 Å². The monoisotopic (exact) mass is 637 g/mol. The number of aliphatic hydroxyl groups is 1. The molecule has 1 N–H and O–H groups in total. The molecular formula is C41H39N3O4. The Kier molecular flexibility index (Phi) is 8.22. The molecule has 3 aliphatic rings. The lowest BCUT2D eigenvalue weighted by atomic mass is 9.81. The summed E-state index contributed by atoms with van der Waals surface area (Å²) in [5.74, 6) is 2.28. The molecule has 0 radical (unpaired) electrons. The predicted molar refractivity (Wildman–Crippen MR) is 188 cm³/mol. The van der Waals surface area contributed by atoms with Gasteiger partial charge in [-0.1, -0.05) is 66.7 Å². The first-order chi connectivity index (χ1) is 23.6. The quantitative estimate of drug-likeness (QED) is 0.176. The number of hydrogen-bond donors (Lipinski definition) is 1. The third kappa shape index (κ3) is 5.99. The summed E-state index contributed by atoms with van der Waals surface area (Å²) >= 11 is 0. The van der Waals surface area contributed by atoms with Gasteiger partial charge in [0.15, 0.2) is 13.5 Å². The first-order valence-corrected chi connectivity index (χ1v) is 16.5. The molecule has 0 saturated carbocycles. The van der Waals surface area contributed by atoms with Gasteiger partial charge < -0.3 is 29.1 Å². The van der Waals surface area contributed by atoms with Crippen molar-refractivity contribution in [2.75, 3.05) is 36.5 Å². The number of nitrogens with zero attached hydrogens (tertiary/aromatic N) is 3. The zero-order valence-electron chi connectivity index (χ0n) is 26.9. The van der Waals surface area contributed by atoms with Crippen molar-refractivity contribution in [3.8, 4) is 17.2 Å². The van der Waals surface area contributed by atoms with E-state index in [1.807, 2.05) is 60.7 Å². The van der Waals surface area contributed by atoms with E-state index in [1.165, 1.54) is 0 Å². The van der Waals surface area contributed by atoms with E-state index in [0.29, 0.717) is 26.7 Å². The number of rotatable bonds is 8. The molecule has 2 atom stereocenters. The third-order valence-electron chi connectivity index (χ3n) is 9.53. The van der Waals surface area contributed by atoms with E-state index < -0.39 is 6.10 Å². The van der Waals surface area contributed by atoms with Crippen LogP contribution >= 0.6 is 0 Å². The molecule has 8 rings (SSSR count). The van der Waals surface area contributed by atoms with Crippen LogP contribution in [-0.4, -0.2) is 36.7 Å². The van der Waals surface area contributed by atoms with E-state index in [1.54, 1.807) is 0 Å². The van der Waals surface area contributed by atoms with Crippen LogP contribution in [-0.2, 0) is 19.6 Å². The number of anilines is 2. The van der Waals surface area contributed by atoms with Gasteiger partial charge in [0, 0.05) is 60.2 Å². The third-order valence-corrected chi connectivity index (χ3v) is 9.53. The number of fused-ring (bicyclic) bond motifs is 3. The molecule has 2 unspecified atom stereocenters. The normalized spacial score (nSPS) is 16.7. The van der Waals surface area contributed by atoms with Crippen LogP contribution < -0.4 is 24.0 Å². The minimum absolute atomic E-state index is 0.338. The highest BCUT2D eigenvalue weighted by atomic mass is 16.5. The summed E-state index contributed by atoms with van der Waals surface area (Å²) in [5.41, 5.74) is 8.37. The zero-order chi connectivity index (χ0) is 32.5. The average Bonchev–Trinajstić information content (AvgIpc) is 3.15. The first kappa shape index (κ1) is 30.1. The highest BCUT2D eigenvalue weighted by Gasteiger charge is 2.30. The van der Waals surface area contributed by atoms with E-state index >= 15 is 0 Å². The Bertz CT molecular complexity index is 1910. The lowest BCUT2D eigenvalue weighted by Gasteiger charge is -2.33. The summed E-state index contributed by atoms with van der Waals surface area (Å²) in [6, 6.07) is 39.4. The molecule has 0 spiro atoms. The molecule has 3 aliphatic heterocycles. The van der Waals surface area contributed by atoms with E-state index in [0.717, 1.165) is 81.6 Å². The second kappa shape index (κ2) is 13.1. The zero-order valence-corrected chi connectivity index (χ0v) is 26.9. The van der Waals surface area contributed by atoms with E-state index in [2.05, 4.69) is 81.9 Å². The summed E-state index contributed by atoms with van der Waals surface area (Å²) in [4.78, 5) is 6.64. The Morgan fingerprint density at radius 1 is 0.583 bits per heavy atom. The van der Waals surface area contributed by atoms with Crippen molar-refractivity contribution in [2.45, 2.75) is 31.7 Å². The van der Waals surface area contributed by atoms with Gasteiger partial charge in [-0.05, 0) is 71.3 Å². The van der Waals surface area contributed by atoms with Crippen molar-refractivity contribution >= 4 is 11.4 Å². The second-order valence-electron chi connectivity index (χ2n) is 12.7. The Morgan fingerprint density at radius 2 is 1.04 bits per heavy atom. The minimum atomic E-state index is -0.818. The summed E-state index contributed by atoms with van der Waals surface area (Å²) in [6.07, 6.45) is 1.08. The first-order valence-electron chi connectivity index (χ1n) is 16.5. The van der Waals surface area contributed by atoms with Crippen LogP contribution in [0.1, 0.15) is 45.4 Å². The fourth-order valence-corrected chi connectivity index (χ4v) is 7.07.